The highest BCUT2D eigenvalue weighted by molar-refractivity contribution is 7.92. The number of amides is 1. The lowest BCUT2D eigenvalue weighted by molar-refractivity contribution is -0.154. The van der Waals surface area contributed by atoms with Crippen LogP contribution in [0.15, 0.2) is 12.4 Å². The van der Waals surface area contributed by atoms with E-state index in [1.54, 1.807) is 20.8 Å². The van der Waals surface area contributed by atoms with Gasteiger partial charge in [0.15, 0.2) is 11.5 Å². The maximum absolute atomic E-state index is 12.1. The summed E-state index contributed by atoms with van der Waals surface area (Å²) in [5.74, 6) is -1.08. The minimum Gasteiger partial charge on any atom is -0.460 e. The molecule has 1 amide bonds. The molecule has 0 aliphatic carbocycles. The second kappa shape index (κ2) is 8.04. The average molecular weight is 358 g/mol. The van der Waals surface area contributed by atoms with Gasteiger partial charge in [0.25, 0.3) is 5.91 Å². The Labute approximate surface area is 141 Å². The summed E-state index contributed by atoms with van der Waals surface area (Å²) in [5, 5.41) is 2.56. The third kappa shape index (κ3) is 7.86. The van der Waals surface area contributed by atoms with Crippen molar-refractivity contribution in [1.82, 2.24) is 15.3 Å². The number of hydrogen-bond donors (Lipinski definition) is 2. The topological polar surface area (TPSA) is 127 Å². The van der Waals surface area contributed by atoms with Crippen molar-refractivity contribution in [2.75, 3.05) is 17.5 Å². The number of nitrogens with one attached hydrogen (secondary N) is 2. The van der Waals surface area contributed by atoms with Crippen LogP contribution in [0.3, 0.4) is 0 Å². The molecule has 0 aromatic carbocycles. The smallest absolute Gasteiger partial charge is 0.306 e. The molecule has 0 atom stereocenters. The molecule has 24 heavy (non-hydrogen) atoms. The fourth-order valence-electron chi connectivity index (χ4n) is 1.67. The maximum atomic E-state index is 12.1. The van der Waals surface area contributed by atoms with Gasteiger partial charge >= 0.3 is 5.97 Å². The summed E-state index contributed by atoms with van der Waals surface area (Å²) < 4.78 is 29.8. The molecule has 1 aromatic heterocycles. The van der Waals surface area contributed by atoms with E-state index in [1.165, 1.54) is 12.4 Å². The number of esters is 1. The first kappa shape index (κ1) is 19.8. The summed E-state index contributed by atoms with van der Waals surface area (Å²) >= 11 is 0. The average Bonchev–Trinajstić information content (AvgIpc) is 2.40. The molecule has 10 heteroatoms. The summed E-state index contributed by atoms with van der Waals surface area (Å²) in [7, 11) is -3.58. The van der Waals surface area contributed by atoms with Crippen molar-refractivity contribution >= 4 is 27.7 Å². The molecule has 0 fully saturated rings. The van der Waals surface area contributed by atoms with E-state index in [-0.39, 0.29) is 30.4 Å². The van der Waals surface area contributed by atoms with Crippen LogP contribution < -0.4 is 10.0 Å². The summed E-state index contributed by atoms with van der Waals surface area (Å²) in [6, 6.07) is 0. The molecule has 1 heterocycles. The van der Waals surface area contributed by atoms with Gasteiger partial charge in [0.1, 0.15) is 5.60 Å². The number of ether oxygens (including phenoxy) is 1. The fourth-order valence-corrected chi connectivity index (χ4v) is 2.17. The third-order valence-electron chi connectivity index (χ3n) is 2.46. The SMILES string of the molecule is CC(C)(C)OC(=O)CCCNC(=O)c1nccnc1NS(C)(=O)=O. The molecule has 1 rings (SSSR count). The molecule has 9 nitrogen and oxygen atoms in total. The molecule has 2 N–H and O–H groups in total. The second-order valence-corrected chi connectivity index (χ2v) is 7.82. The van der Waals surface area contributed by atoms with Crippen molar-refractivity contribution in [1.29, 1.82) is 0 Å². The first-order chi connectivity index (χ1) is 11.0. The zero-order valence-corrected chi connectivity index (χ0v) is 14.9. The highest BCUT2D eigenvalue weighted by atomic mass is 32.2. The van der Waals surface area contributed by atoms with E-state index in [0.717, 1.165) is 6.26 Å². The Morgan fingerprint density at radius 3 is 2.42 bits per heavy atom. The van der Waals surface area contributed by atoms with Crippen LogP contribution in [0.4, 0.5) is 5.82 Å². The van der Waals surface area contributed by atoms with Gasteiger partial charge in [0, 0.05) is 25.4 Å². The van der Waals surface area contributed by atoms with Crippen LogP contribution in [0.2, 0.25) is 0 Å². The van der Waals surface area contributed by atoms with E-state index in [9.17, 15) is 18.0 Å². The molecule has 0 bridgehead atoms. The monoisotopic (exact) mass is 358 g/mol. The molecule has 0 unspecified atom stereocenters. The summed E-state index contributed by atoms with van der Waals surface area (Å²) in [5.41, 5.74) is -0.688. The van der Waals surface area contributed by atoms with Crippen LogP contribution in [0.1, 0.15) is 44.1 Å². The van der Waals surface area contributed by atoms with Gasteiger partial charge in [-0.2, -0.15) is 0 Å². The van der Waals surface area contributed by atoms with Crippen LogP contribution in [0.5, 0.6) is 0 Å². The van der Waals surface area contributed by atoms with Crippen LogP contribution in [-0.2, 0) is 19.6 Å². The number of rotatable bonds is 7. The maximum Gasteiger partial charge on any atom is 0.306 e. The molecule has 0 spiro atoms. The molecular weight excluding hydrogens is 336 g/mol. The Balaban J connectivity index is 2.53. The van der Waals surface area contributed by atoms with Gasteiger partial charge in [0.05, 0.1) is 6.26 Å². The van der Waals surface area contributed by atoms with Crippen molar-refractivity contribution in [3.8, 4) is 0 Å². The first-order valence-corrected chi connectivity index (χ1v) is 9.16. The van der Waals surface area contributed by atoms with Crippen molar-refractivity contribution in [2.45, 2.75) is 39.2 Å². The van der Waals surface area contributed by atoms with Gasteiger partial charge in [-0.1, -0.05) is 0 Å². The van der Waals surface area contributed by atoms with E-state index >= 15 is 0 Å². The van der Waals surface area contributed by atoms with Crippen molar-refractivity contribution in [2.24, 2.45) is 0 Å². The van der Waals surface area contributed by atoms with Crippen molar-refractivity contribution < 1.29 is 22.7 Å². The van der Waals surface area contributed by atoms with Crippen LogP contribution in [-0.4, -0.2) is 48.7 Å². The van der Waals surface area contributed by atoms with E-state index in [2.05, 4.69) is 20.0 Å². The van der Waals surface area contributed by atoms with Crippen LogP contribution in [0, 0.1) is 0 Å². The normalized spacial score (nSPS) is 11.7. The zero-order chi connectivity index (χ0) is 18.4. The van der Waals surface area contributed by atoms with E-state index < -0.39 is 21.5 Å². The number of aromatic nitrogens is 2. The Kier molecular flexibility index (Phi) is 6.64. The standard InChI is InChI=1S/C14H22N4O5S/c1-14(2,3)23-10(19)6-5-7-17-13(20)11-12(16-9-8-15-11)18-24(4,21)22/h8-9H,5-7H2,1-4H3,(H,16,18)(H,17,20). The zero-order valence-electron chi connectivity index (χ0n) is 14.1. The number of hydrogen-bond acceptors (Lipinski definition) is 7. The molecular formula is C14H22N4O5S. The van der Waals surface area contributed by atoms with Gasteiger partial charge in [-0.25, -0.2) is 18.4 Å². The molecule has 0 aliphatic rings. The number of carbonyl (C=O) groups excluding carboxylic acids is 2. The quantitative estimate of drug-likeness (QED) is 0.542. The van der Waals surface area contributed by atoms with Gasteiger partial charge < -0.3 is 10.1 Å². The lowest BCUT2D eigenvalue weighted by Crippen LogP contribution is -2.28. The minimum absolute atomic E-state index is 0.139. The highest BCUT2D eigenvalue weighted by Gasteiger charge is 2.18. The Morgan fingerprint density at radius 2 is 1.83 bits per heavy atom. The molecule has 0 radical (unpaired) electrons. The molecule has 1 aromatic rings. The van der Waals surface area contributed by atoms with Crippen LogP contribution >= 0.6 is 0 Å². The minimum atomic E-state index is -3.58. The first-order valence-electron chi connectivity index (χ1n) is 7.27. The summed E-state index contributed by atoms with van der Waals surface area (Å²) in [4.78, 5) is 31.2. The Morgan fingerprint density at radius 1 is 1.21 bits per heavy atom. The Bertz CT molecular complexity index is 697. The summed E-state index contributed by atoms with van der Waals surface area (Å²) in [6.07, 6.45) is 4.04. The molecule has 134 valence electrons. The predicted octanol–water partition coefficient (Wildman–Crippen LogP) is 0.700. The highest BCUT2D eigenvalue weighted by Crippen LogP contribution is 2.10. The lowest BCUT2D eigenvalue weighted by atomic mass is 10.2. The molecule has 0 aliphatic heterocycles. The van der Waals surface area contributed by atoms with Crippen LogP contribution in [0.25, 0.3) is 0 Å². The number of anilines is 1. The van der Waals surface area contributed by atoms with E-state index in [1.807, 2.05) is 0 Å². The van der Waals surface area contributed by atoms with Gasteiger partial charge in [-0.15, -0.1) is 0 Å². The predicted molar refractivity (Wildman–Crippen MR) is 87.9 cm³/mol. The van der Waals surface area contributed by atoms with Crippen molar-refractivity contribution in [3.63, 3.8) is 0 Å². The molecule has 0 saturated carbocycles. The number of carbonyl (C=O) groups is 2. The largest absolute Gasteiger partial charge is 0.460 e. The van der Waals surface area contributed by atoms with E-state index in [4.69, 9.17) is 4.74 Å². The third-order valence-corrected chi connectivity index (χ3v) is 3.02. The van der Waals surface area contributed by atoms with E-state index in [0.29, 0.717) is 6.42 Å². The number of sulfonamides is 1. The van der Waals surface area contributed by atoms with Crippen molar-refractivity contribution in [3.05, 3.63) is 18.1 Å². The summed E-state index contributed by atoms with van der Waals surface area (Å²) in [6.45, 7) is 5.54. The Hall–Kier alpha value is -2.23. The van der Waals surface area contributed by atoms with Gasteiger partial charge in [-0.05, 0) is 27.2 Å². The molecule has 0 saturated heterocycles. The van der Waals surface area contributed by atoms with Gasteiger partial charge in [-0.3, -0.25) is 14.3 Å². The fraction of sp³-hybridized carbons (Fsp3) is 0.571. The number of nitrogens with zero attached hydrogens (tertiary/aromatic N) is 2. The second-order valence-electron chi connectivity index (χ2n) is 6.07. The lowest BCUT2D eigenvalue weighted by Gasteiger charge is -2.19. The van der Waals surface area contributed by atoms with Gasteiger partial charge in [0.2, 0.25) is 10.0 Å².